The van der Waals surface area contributed by atoms with Crippen molar-refractivity contribution in [2.75, 3.05) is 25.0 Å². The second kappa shape index (κ2) is 7.90. The summed E-state index contributed by atoms with van der Waals surface area (Å²) in [5, 5.41) is 6.16. The highest BCUT2D eigenvalue weighted by Gasteiger charge is 2.15. The molecule has 1 saturated heterocycles. The molecule has 4 heteroatoms. The molecule has 1 atom stereocenters. The SMILES string of the molecule is O=C(CNC[C@@H]1CCCO1)Nc1ccccc1-c1ccccc1. The molecule has 0 radical (unpaired) electrons. The molecule has 2 aromatic carbocycles. The van der Waals surface area contributed by atoms with Gasteiger partial charge in [-0.15, -0.1) is 0 Å². The minimum absolute atomic E-state index is 0.0358. The van der Waals surface area contributed by atoms with E-state index in [2.05, 4.69) is 10.6 Å². The van der Waals surface area contributed by atoms with Crippen LogP contribution in [0.4, 0.5) is 5.69 Å². The number of rotatable bonds is 6. The van der Waals surface area contributed by atoms with Gasteiger partial charge in [-0.1, -0.05) is 48.5 Å². The van der Waals surface area contributed by atoms with Gasteiger partial charge in [-0.3, -0.25) is 4.79 Å². The number of hydrogen-bond donors (Lipinski definition) is 2. The maximum absolute atomic E-state index is 12.2. The fourth-order valence-electron chi connectivity index (χ4n) is 2.81. The predicted molar refractivity (Wildman–Crippen MR) is 92.4 cm³/mol. The Morgan fingerprint density at radius 3 is 2.65 bits per heavy atom. The van der Waals surface area contributed by atoms with E-state index >= 15 is 0 Å². The minimum atomic E-state index is -0.0358. The lowest BCUT2D eigenvalue weighted by Crippen LogP contribution is -2.33. The summed E-state index contributed by atoms with van der Waals surface area (Å²) in [6.07, 6.45) is 2.44. The van der Waals surface area contributed by atoms with Gasteiger partial charge in [0.2, 0.25) is 5.91 Å². The van der Waals surface area contributed by atoms with Crippen molar-refractivity contribution in [3.8, 4) is 11.1 Å². The Kier molecular flexibility index (Phi) is 5.40. The van der Waals surface area contributed by atoms with Crippen LogP contribution >= 0.6 is 0 Å². The normalized spacial score (nSPS) is 17.1. The van der Waals surface area contributed by atoms with Gasteiger partial charge >= 0.3 is 0 Å². The molecule has 120 valence electrons. The van der Waals surface area contributed by atoms with Crippen molar-refractivity contribution in [2.45, 2.75) is 18.9 Å². The smallest absolute Gasteiger partial charge is 0.238 e. The van der Waals surface area contributed by atoms with Crippen LogP contribution in [0.3, 0.4) is 0 Å². The number of nitrogens with one attached hydrogen (secondary N) is 2. The number of amides is 1. The van der Waals surface area contributed by atoms with Crippen molar-refractivity contribution in [3.63, 3.8) is 0 Å². The standard InChI is InChI=1S/C19H22N2O2/c22-19(14-20-13-16-9-6-12-23-16)21-18-11-5-4-10-17(18)15-7-2-1-3-8-15/h1-5,7-8,10-11,16,20H,6,9,12-14H2,(H,21,22)/t16-/m0/s1. The van der Waals surface area contributed by atoms with E-state index in [1.165, 1.54) is 0 Å². The van der Waals surface area contributed by atoms with Gasteiger partial charge in [-0.05, 0) is 24.5 Å². The second-order valence-corrected chi connectivity index (χ2v) is 5.73. The number of carbonyl (C=O) groups excluding carboxylic acids is 1. The minimum Gasteiger partial charge on any atom is -0.377 e. The summed E-state index contributed by atoms with van der Waals surface area (Å²) in [6.45, 7) is 1.86. The molecule has 2 aromatic rings. The fourth-order valence-corrected chi connectivity index (χ4v) is 2.81. The van der Waals surface area contributed by atoms with Crippen LogP contribution in [-0.2, 0) is 9.53 Å². The van der Waals surface area contributed by atoms with Crippen LogP contribution in [0.25, 0.3) is 11.1 Å². The summed E-state index contributed by atoms with van der Waals surface area (Å²) < 4.78 is 5.54. The first-order valence-electron chi connectivity index (χ1n) is 8.09. The topological polar surface area (TPSA) is 50.4 Å². The van der Waals surface area contributed by atoms with Crippen molar-refractivity contribution < 1.29 is 9.53 Å². The van der Waals surface area contributed by atoms with Gasteiger partial charge in [0.05, 0.1) is 12.6 Å². The van der Waals surface area contributed by atoms with E-state index in [4.69, 9.17) is 4.74 Å². The zero-order valence-electron chi connectivity index (χ0n) is 13.1. The summed E-state index contributed by atoms with van der Waals surface area (Å²) in [7, 11) is 0. The molecular formula is C19H22N2O2. The molecule has 0 aromatic heterocycles. The highest BCUT2D eigenvalue weighted by Crippen LogP contribution is 2.27. The van der Waals surface area contributed by atoms with Crippen LogP contribution in [0.5, 0.6) is 0 Å². The van der Waals surface area contributed by atoms with Crippen molar-refractivity contribution in [2.24, 2.45) is 0 Å². The molecule has 0 unspecified atom stereocenters. The van der Waals surface area contributed by atoms with Crippen molar-refractivity contribution in [3.05, 3.63) is 54.6 Å². The van der Waals surface area contributed by atoms with Crippen molar-refractivity contribution >= 4 is 11.6 Å². The molecule has 4 nitrogen and oxygen atoms in total. The molecule has 1 heterocycles. The quantitative estimate of drug-likeness (QED) is 0.862. The molecule has 0 aliphatic carbocycles. The summed E-state index contributed by atoms with van der Waals surface area (Å²) >= 11 is 0. The van der Waals surface area contributed by atoms with Gasteiger partial charge in [0, 0.05) is 24.4 Å². The van der Waals surface area contributed by atoms with Gasteiger partial charge < -0.3 is 15.4 Å². The lowest BCUT2D eigenvalue weighted by Gasteiger charge is -2.13. The van der Waals surface area contributed by atoms with Gasteiger partial charge in [0.25, 0.3) is 0 Å². The predicted octanol–water partition coefficient (Wildman–Crippen LogP) is 3.06. The number of ether oxygens (including phenoxy) is 1. The average Bonchev–Trinajstić information content (AvgIpc) is 3.09. The lowest BCUT2D eigenvalue weighted by atomic mass is 10.0. The lowest BCUT2D eigenvalue weighted by molar-refractivity contribution is -0.115. The van der Waals surface area contributed by atoms with E-state index in [1.807, 2.05) is 54.6 Å². The molecule has 1 fully saturated rings. The van der Waals surface area contributed by atoms with Crippen LogP contribution < -0.4 is 10.6 Å². The first-order chi connectivity index (χ1) is 11.3. The largest absolute Gasteiger partial charge is 0.377 e. The zero-order valence-corrected chi connectivity index (χ0v) is 13.1. The molecule has 3 rings (SSSR count). The summed E-state index contributed by atoms with van der Waals surface area (Å²) in [5.74, 6) is -0.0358. The maximum Gasteiger partial charge on any atom is 0.238 e. The van der Waals surface area contributed by atoms with E-state index in [0.717, 1.165) is 42.8 Å². The van der Waals surface area contributed by atoms with Gasteiger partial charge in [-0.25, -0.2) is 0 Å². The molecular weight excluding hydrogens is 288 g/mol. The zero-order chi connectivity index (χ0) is 15.9. The third-order valence-corrected chi connectivity index (χ3v) is 3.97. The third kappa shape index (κ3) is 4.41. The first kappa shape index (κ1) is 15.7. The van der Waals surface area contributed by atoms with Crippen molar-refractivity contribution in [1.82, 2.24) is 5.32 Å². The Hall–Kier alpha value is -2.17. The summed E-state index contributed by atoms with van der Waals surface area (Å²) in [5.41, 5.74) is 2.96. The van der Waals surface area contributed by atoms with Crippen LogP contribution in [0, 0.1) is 0 Å². The number of para-hydroxylation sites is 1. The third-order valence-electron chi connectivity index (χ3n) is 3.97. The summed E-state index contributed by atoms with van der Waals surface area (Å²) in [6, 6.07) is 17.9. The number of carbonyl (C=O) groups is 1. The molecule has 23 heavy (non-hydrogen) atoms. The van der Waals surface area contributed by atoms with Crippen molar-refractivity contribution in [1.29, 1.82) is 0 Å². The highest BCUT2D eigenvalue weighted by molar-refractivity contribution is 5.96. The number of benzene rings is 2. The highest BCUT2D eigenvalue weighted by atomic mass is 16.5. The first-order valence-corrected chi connectivity index (χ1v) is 8.09. The number of anilines is 1. The Balaban J connectivity index is 1.58. The number of hydrogen-bond acceptors (Lipinski definition) is 3. The Morgan fingerprint density at radius 1 is 1.09 bits per heavy atom. The molecule has 1 amide bonds. The second-order valence-electron chi connectivity index (χ2n) is 5.73. The average molecular weight is 310 g/mol. The van der Waals surface area contributed by atoms with E-state index < -0.39 is 0 Å². The van der Waals surface area contributed by atoms with E-state index in [9.17, 15) is 4.79 Å². The van der Waals surface area contributed by atoms with Crippen LogP contribution in [0.15, 0.2) is 54.6 Å². The molecule has 0 bridgehead atoms. The van der Waals surface area contributed by atoms with Gasteiger partial charge in [0.15, 0.2) is 0 Å². The van der Waals surface area contributed by atoms with Crippen LogP contribution in [0.2, 0.25) is 0 Å². The van der Waals surface area contributed by atoms with E-state index in [1.54, 1.807) is 0 Å². The Bertz CT molecular complexity index is 637. The Morgan fingerprint density at radius 2 is 1.87 bits per heavy atom. The van der Waals surface area contributed by atoms with Crippen LogP contribution in [0.1, 0.15) is 12.8 Å². The van der Waals surface area contributed by atoms with Gasteiger partial charge in [0.1, 0.15) is 0 Å². The Labute approximate surface area is 136 Å². The molecule has 1 aliphatic rings. The molecule has 1 aliphatic heterocycles. The monoisotopic (exact) mass is 310 g/mol. The molecule has 0 saturated carbocycles. The van der Waals surface area contributed by atoms with Crippen LogP contribution in [-0.4, -0.2) is 31.7 Å². The van der Waals surface area contributed by atoms with Gasteiger partial charge in [-0.2, -0.15) is 0 Å². The van der Waals surface area contributed by atoms with E-state index in [-0.39, 0.29) is 12.0 Å². The molecule has 0 spiro atoms. The fraction of sp³-hybridized carbons (Fsp3) is 0.316. The van der Waals surface area contributed by atoms with E-state index in [0.29, 0.717) is 6.54 Å². The molecule has 2 N–H and O–H groups in total. The summed E-state index contributed by atoms with van der Waals surface area (Å²) in [4.78, 5) is 12.2. The maximum atomic E-state index is 12.2.